The Bertz CT molecular complexity index is 408. The molecule has 1 N–H and O–H groups in total. The first kappa shape index (κ1) is 14.9. The monoisotopic (exact) mass is 282 g/mol. The summed E-state index contributed by atoms with van der Waals surface area (Å²) in [4.78, 5) is 6.16. The van der Waals surface area contributed by atoms with Crippen molar-refractivity contribution in [1.29, 1.82) is 0 Å². The zero-order chi connectivity index (χ0) is 13.9. The molecule has 1 saturated carbocycles. The smallest absolute Gasteiger partial charge is 0.125 e. The number of methoxy groups -OCH3 is 1. The van der Waals surface area contributed by atoms with Crippen LogP contribution in [-0.4, -0.2) is 18.1 Å². The predicted molar refractivity (Wildman–Crippen MR) is 80.6 cm³/mol. The standard InChI is InChI=1S/C15H26N2OS/c1-11(2)16-10-13-12(3)17-14(19-13)15(18-4)8-6-5-7-9-15/h11,16H,5-10H2,1-4H3. The first-order valence-electron chi connectivity index (χ1n) is 7.33. The van der Waals surface area contributed by atoms with E-state index in [0.29, 0.717) is 6.04 Å². The van der Waals surface area contributed by atoms with Gasteiger partial charge >= 0.3 is 0 Å². The summed E-state index contributed by atoms with van der Waals surface area (Å²) in [5, 5.41) is 4.67. The Hall–Kier alpha value is -0.450. The predicted octanol–water partition coefficient (Wildman–Crippen LogP) is 3.76. The van der Waals surface area contributed by atoms with E-state index in [9.17, 15) is 0 Å². The van der Waals surface area contributed by atoms with Gasteiger partial charge < -0.3 is 10.1 Å². The number of hydrogen-bond acceptors (Lipinski definition) is 4. The summed E-state index contributed by atoms with van der Waals surface area (Å²) >= 11 is 1.83. The topological polar surface area (TPSA) is 34.1 Å². The molecule has 1 aromatic heterocycles. The lowest BCUT2D eigenvalue weighted by Gasteiger charge is -2.34. The van der Waals surface area contributed by atoms with E-state index in [-0.39, 0.29) is 5.60 Å². The van der Waals surface area contributed by atoms with Crippen molar-refractivity contribution in [2.24, 2.45) is 0 Å². The minimum atomic E-state index is -0.107. The van der Waals surface area contributed by atoms with Gasteiger partial charge in [-0.15, -0.1) is 11.3 Å². The fourth-order valence-electron chi connectivity index (χ4n) is 2.71. The molecule has 0 saturated heterocycles. The van der Waals surface area contributed by atoms with E-state index < -0.39 is 0 Å². The molecule has 1 fully saturated rings. The second-order valence-electron chi connectivity index (χ2n) is 5.82. The number of nitrogens with zero attached hydrogens (tertiary/aromatic N) is 1. The molecule has 1 aliphatic rings. The number of aryl methyl sites for hydroxylation is 1. The summed E-state index contributed by atoms with van der Waals surface area (Å²) in [6.45, 7) is 7.38. The maximum absolute atomic E-state index is 5.89. The highest BCUT2D eigenvalue weighted by Gasteiger charge is 2.37. The third kappa shape index (κ3) is 3.36. The Morgan fingerprint density at radius 2 is 2.00 bits per heavy atom. The molecule has 2 rings (SSSR count). The largest absolute Gasteiger partial charge is 0.371 e. The number of hydrogen-bond donors (Lipinski definition) is 1. The van der Waals surface area contributed by atoms with Crippen LogP contribution in [-0.2, 0) is 16.9 Å². The molecule has 0 unspecified atom stereocenters. The van der Waals surface area contributed by atoms with Crippen molar-refractivity contribution in [1.82, 2.24) is 10.3 Å². The zero-order valence-electron chi connectivity index (χ0n) is 12.6. The van der Waals surface area contributed by atoms with Crippen LogP contribution in [0.4, 0.5) is 0 Å². The number of nitrogens with one attached hydrogen (secondary N) is 1. The average Bonchev–Trinajstić information content (AvgIpc) is 2.79. The fraction of sp³-hybridized carbons (Fsp3) is 0.800. The molecular weight excluding hydrogens is 256 g/mol. The van der Waals surface area contributed by atoms with Crippen molar-refractivity contribution in [3.05, 3.63) is 15.6 Å². The molecule has 1 aromatic rings. The van der Waals surface area contributed by atoms with E-state index in [1.807, 2.05) is 18.4 Å². The molecular formula is C15H26N2OS. The van der Waals surface area contributed by atoms with E-state index in [0.717, 1.165) is 25.1 Å². The molecule has 0 aromatic carbocycles. The first-order chi connectivity index (χ1) is 9.07. The van der Waals surface area contributed by atoms with Crippen LogP contribution in [0.3, 0.4) is 0 Å². The summed E-state index contributed by atoms with van der Waals surface area (Å²) < 4.78 is 5.89. The summed E-state index contributed by atoms with van der Waals surface area (Å²) in [5.74, 6) is 0. The molecule has 0 amide bonds. The summed E-state index contributed by atoms with van der Waals surface area (Å²) in [6, 6.07) is 0.510. The Labute approximate surface area is 120 Å². The zero-order valence-corrected chi connectivity index (χ0v) is 13.4. The van der Waals surface area contributed by atoms with Crippen LogP contribution in [0, 0.1) is 6.92 Å². The molecule has 108 valence electrons. The Morgan fingerprint density at radius 1 is 1.32 bits per heavy atom. The van der Waals surface area contributed by atoms with Crippen molar-refractivity contribution >= 4 is 11.3 Å². The van der Waals surface area contributed by atoms with E-state index in [4.69, 9.17) is 9.72 Å². The van der Waals surface area contributed by atoms with Gasteiger partial charge in [-0.25, -0.2) is 4.98 Å². The second kappa shape index (κ2) is 6.33. The lowest BCUT2D eigenvalue weighted by atomic mass is 9.85. The Balaban J connectivity index is 2.17. The maximum atomic E-state index is 5.89. The summed E-state index contributed by atoms with van der Waals surface area (Å²) in [6.07, 6.45) is 6.08. The molecule has 1 heterocycles. The summed E-state index contributed by atoms with van der Waals surface area (Å²) in [7, 11) is 1.84. The molecule has 0 spiro atoms. The number of rotatable bonds is 5. The first-order valence-corrected chi connectivity index (χ1v) is 8.14. The van der Waals surface area contributed by atoms with Gasteiger partial charge in [0.2, 0.25) is 0 Å². The van der Waals surface area contributed by atoms with Crippen LogP contribution in [0.1, 0.15) is 61.5 Å². The molecule has 3 nitrogen and oxygen atoms in total. The quantitative estimate of drug-likeness (QED) is 0.893. The molecule has 0 bridgehead atoms. The minimum absolute atomic E-state index is 0.107. The lowest BCUT2D eigenvalue weighted by molar-refractivity contribution is -0.0446. The summed E-state index contributed by atoms with van der Waals surface area (Å²) in [5.41, 5.74) is 1.05. The van der Waals surface area contributed by atoms with Gasteiger partial charge in [0.05, 0.1) is 5.69 Å². The fourth-order valence-corrected chi connectivity index (χ4v) is 3.95. The van der Waals surface area contributed by atoms with Crippen molar-refractivity contribution < 1.29 is 4.74 Å². The van der Waals surface area contributed by atoms with E-state index in [1.165, 1.54) is 29.1 Å². The van der Waals surface area contributed by atoms with Gasteiger partial charge in [0.15, 0.2) is 0 Å². The molecule has 0 radical (unpaired) electrons. The number of thiazole rings is 1. The van der Waals surface area contributed by atoms with Gasteiger partial charge in [-0.1, -0.05) is 33.1 Å². The van der Waals surface area contributed by atoms with Crippen molar-refractivity contribution in [2.45, 2.75) is 71.1 Å². The van der Waals surface area contributed by atoms with Gasteiger partial charge in [0.25, 0.3) is 0 Å². The lowest BCUT2D eigenvalue weighted by Crippen LogP contribution is -2.30. The highest BCUT2D eigenvalue weighted by molar-refractivity contribution is 7.11. The SMILES string of the molecule is COC1(c2nc(C)c(CNC(C)C)s2)CCCCC1. The second-order valence-corrected chi connectivity index (χ2v) is 6.91. The Morgan fingerprint density at radius 3 is 2.58 bits per heavy atom. The van der Waals surface area contributed by atoms with Crippen molar-refractivity contribution in [3.8, 4) is 0 Å². The van der Waals surface area contributed by atoms with Crippen LogP contribution in [0.15, 0.2) is 0 Å². The molecule has 0 atom stereocenters. The number of ether oxygens (including phenoxy) is 1. The molecule has 0 aliphatic heterocycles. The van der Waals surface area contributed by atoms with E-state index >= 15 is 0 Å². The molecule has 19 heavy (non-hydrogen) atoms. The minimum Gasteiger partial charge on any atom is -0.371 e. The van der Waals surface area contributed by atoms with Gasteiger partial charge in [0.1, 0.15) is 10.6 Å². The van der Waals surface area contributed by atoms with Crippen LogP contribution >= 0.6 is 11.3 Å². The van der Waals surface area contributed by atoms with E-state index in [1.54, 1.807) is 0 Å². The van der Waals surface area contributed by atoms with Gasteiger partial charge in [-0.2, -0.15) is 0 Å². The van der Waals surface area contributed by atoms with Crippen LogP contribution < -0.4 is 5.32 Å². The average molecular weight is 282 g/mol. The van der Waals surface area contributed by atoms with Crippen molar-refractivity contribution in [3.63, 3.8) is 0 Å². The van der Waals surface area contributed by atoms with Gasteiger partial charge in [0, 0.05) is 24.6 Å². The highest BCUT2D eigenvalue weighted by Crippen LogP contribution is 2.42. The molecule has 1 aliphatic carbocycles. The third-order valence-electron chi connectivity index (χ3n) is 4.01. The van der Waals surface area contributed by atoms with Gasteiger partial charge in [-0.05, 0) is 19.8 Å². The number of aromatic nitrogens is 1. The normalized spacial score (nSPS) is 19.0. The molecule has 4 heteroatoms. The van der Waals surface area contributed by atoms with E-state index in [2.05, 4.69) is 26.1 Å². The third-order valence-corrected chi connectivity index (χ3v) is 5.35. The van der Waals surface area contributed by atoms with Gasteiger partial charge in [-0.3, -0.25) is 0 Å². The van der Waals surface area contributed by atoms with Crippen LogP contribution in [0.25, 0.3) is 0 Å². The maximum Gasteiger partial charge on any atom is 0.125 e. The Kier molecular flexibility index (Phi) is 4.98. The van der Waals surface area contributed by atoms with Crippen LogP contribution in [0.5, 0.6) is 0 Å². The van der Waals surface area contributed by atoms with Crippen LogP contribution in [0.2, 0.25) is 0 Å². The highest BCUT2D eigenvalue weighted by atomic mass is 32.1. The van der Waals surface area contributed by atoms with Crippen molar-refractivity contribution in [2.75, 3.05) is 7.11 Å².